The molecule has 0 N–H and O–H groups in total. The van der Waals surface area contributed by atoms with Gasteiger partial charge in [-0.1, -0.05) is 40.2 Å². The van der Waals surface area contributed by atoms with E-state index < -0.39 is 0 Å². The molecule has 164 valence electrons. The molecule has 0 saturated carbocycles. The molecule has 0 spiro atoms. The van der Waals surface area contributed by atoms with Gasteiger partial charge in [0.2, 0.25) is 0 Å². The third-order valence-corrected chi connectivity index (χ3v) is 6.72. The van der Waals surface area contributed by atoms with Crippen molar-refractivity contribution >= 4 is 50.5 Å². The van der Waals surface area contributed by atoms with Crippen molar-refractivity contribution in [3.05, 3.63) is 106 Å². The molecule has 0 atom stereocenters. The van der Waals surface area contributed by atoms with Gasteiger partial charge in [-0.2, -0.15) is 0 Å². The van der Waals surface area contributed by atoms with E-state index in [9.17, 15) is 4.79 Å². The second kappa shape index (κ2) is 9.29. The van der Waals surface area contributed by atoms with Gasteiger partial charge in [0.15, 0.2) is 5.17 Å². The summed E-state index contributed by atoms with van der Waals surface area (Å²) in [6.45, 7) is 2.35. The fraction of sp³-hybridized carbons (Fsp3) is 0.0769. The van der Waals surface area contributed by atoms with Gasteiger partial charge in [-0.05, 0) is 72.8 Å². The Hall–Kier alpha value is -3.29. The fourth-order valence-electron chi connectivity index (χ4n) is 3.43. The Morgan fingerprint density at radius 1 is 1.06 bits per heavy atom. The van der Waals surface area contributed by atoms with Crippen LogP contribution in [0.2, 0.25) is 0 Å². The van der Waals surface area contributed by atoms with Crippen LogP contribution in [0.3, 0.4) is 0 Å². The van der Waals surface area contributed by atoms with Gasteiger partial charge in [-0.25, -0.2) is 4.99 Å². The first-order chi connectivity index (χ1) is 16.1. The Bertz CT molecular complexity index is 1360. The van der Waals surface area contributed by atoms with E-state index >= 15 is 0 Å². The molecule has 2 aromatic heterocycles. The van der Waals surface area contributed by atoms with E-state index in [2.05, 4.69) is 15.9 Å². The molecule has 7 heteroatoms. The summed E-state index contributed by atoms with van der Waals surface area (Å²) in [4.78, 5) is 20.1. The number of para-hydroxylation sites is 1. The largest absolute Gasteiger partial charge is 0.467 e. The molecule has 0 radical (unpaired) electrons. The number of thioether (sulfide) groups is 1. The number of nitrogens with zero attached hydrogens (tertiary/aromatic N) is 2. The van der Waals surface area contributed by atoms with Crippen molar-refractivity contribution in [2.45, 2.75) is 13.5 Å². The number of amides is 1. The summed E-state index contributed by atoms with van der Waals surface area (Å²) in [5.41, 5.74) is 2.90. The number of benzene rings is 2. The molecular weight excluding hydrogens is 500 g/mol. The second-order valence-corrected chi connectivity index (χ2v) is 9.36. The van der Waals surface area contributed by atoms with Crippen molar-refractivity contribution in [2.75, 3.05) is 0 Å². The van der Waals surface area contributed by atoms with Gasteiger partial charge in [0.05, 0.1) is 23.4 Å². The molecule has 5 rings (SSSR count). The molecule has 33 heavy (non-hydrogen) atoms. The van der Waals surface area contributed by atoms with Crippen LogP contribution in [-0.4, -0.2) is 16.0 Å². The van der Waals surface area contributed by atoms with Crippen molar-refractivity contribution in [3.63, 3.8) is 0 Å². The molecule has 2 aromatic carbocycles. The van der Waals surface area contributed by atoms with Crippen LogP contribution in [0.15, 0.2) is 102 Å². The quantitative estimate of drug-likeness (QED) is 0.258. The number of hydrogen-bond acceptors (Lipinski definition) is 5. The van der Waals surface area contributed by atoms with Crippen LogP contribution >= 0.6 is 27.7 Å². The predicted octanol–water partition coefficient (Wildman–Crippen LogP) is 7.41. The Morgan fingerprint density at radius 2 is 1.91 bits per heavy atom. The number of carbonyl (C=O) groups is 1. The maximum Gasteiger partial charge on any atom is 0.267 e. The van der Waals surface area contributed by atoms with E-state index in [0.29, 0.717) is 28.1 Å². The van der Waals surface area contributed by atoms with Gasteiger partial charge >= 0.3 is 0 Å². The Labute approximate surface area is 203 Å². The number of aryl methyl sites for hydroxylation is 1. The highest BCUT2D eigenvalue weighted by atomic mass is 79.9. The Morgan fingerprint density at radius 3 is 2.67 bits per heavy atom. The molecule has 4 aromatic rings. The SMILES string of the molecule is Cc1ccc(-c2ccc(/C=C3\SC(=Nc4ccccc4)N(Cc4ccco4)C3=O)o2)c(Br)c1. The molecule has 0 aliphatic carbocycles. The van der Waals surface area contributed by atoms with E-state index in [4.69, 9.17) is 13.8 Å². The normalized spacial score (nSPS) is 16.3. The minimum Gasteiger partial charge on any atom is -0.467 e. The van der Waals surface area contributed by atoms with Crippen molar-refractivity contribution in [3.8, 4) is 11.3 Å². The van der Waals surface area contributed by atoms with Crippen molar-refractivity contribution < 1.29 is 13.6 Å². The maximum absolute atomic E-state index is 13.3. The van der Waals surface area contributed by atoms with Crippen LogP contribution in [0.4, 0.5) is 5.69 Å². The fourth-order valence-corrected chi connectivity index (χ4v) is 5.09. The van der Waals surface area contributed by atoms with Crippen molar-refractivity contribution in [2.24, 2.45) is 4.99 Å². The predicted molar refractivity (Wildman–Crippen MR) is 135 cm³/mol. The number of carbonyl (C=O) groups excluding carboxylic acids is 1. The zero-order valence-corrected chi connectivity index (χ0v) is 20.1. The molecule has 5 nitrogen and oxygen atoms in total. The molecule has 0 bridgehead atoms. The van der Waals surface area contributed by atoms with Gasteiger partial charge < -0.3 is 8.83 Å². The van der Waals surface area contributed by atoms with Crippen LogP contribution in [0.5, 0.6) is 0 Å². The number of rotatable bonds is 5. The third kappa shape index (κ3) is 4.74. The minimum atomic E-state index is -0.138. The van der Waals surface area contributed by atoms with E-state index in [0.717, 1.165) is 27.0 Å². The van der Waals surface area contributed by atoms with E-state index in [-0.39, 0.29) is 5.91 Å². The van der Waals surface area contributed by atoms with E-state index in [1.807, 2.05) is 73.7 Å². The average molecular weight is 519 g/mol. The van der Waals surface area contributed by atoms with E-state index in [1.165, 1.54) is 11.8 Å². The summed E-state index contributed by atoms with van der Waals surface area (Å²) in [5.74, 6) is 1.89. The molecule has 1 fully saturated rings. The van der Waals surface area contributed by atoms with Crippen LogP contribution in [-0.2, 0) is 11.3 Å². The lowest BCUT2D eigenvalue weighted by Crippen LogP contribution is -2.28. The highest BCUT2D eigenvalue weighted by Crippen LogP contribution is 2.37. The highest BCUT2D eigenvalue weighted by Gasteiger charge is 2.34. The topological polar surface area (TPSA) is 59.0 Å². The number of amidine groups is 1. The van der Waals surface area contributed by atoms with Crippen molar-refractivity contribution in [1.29, 1.82) is 0 Å². The standard InChI is InChI=1S/C26H19BrN2O3S/c1-17-9-11-21(22(27)14-17)23-12-10-19(32-23)15-24-25(30)29(16-20-8-5-13-31-20)26(33-24)28-18-6-3-2-4-7-18/h2-15H,16H2,1H3/b24-15-,28-26?. The summed E-state index contributed by atoms with van der Waals surface area (Å²) >= 11 is 4.93. The van der Waals surface area contributed by atoms with Gasteiger partial charge in [-0.15, -0.1) is 0 Å². The smallest absolute Gasteiger partial charge is 0.267 e. The molecule has 1 amide bonds. The summed E-state index contributed by atoms with van der Waals surface area (Å²) in [7, 11) is 0. The van der Waals surface area contributed by atoms with Crippen LogP contribution < -0.4 is 0 Å². The zero-order chi connectivity index (χ0) is 22.8. The van der Waals surface area contributed by atoms with Crippen LogP contribution in [0.1, 0.15) is 17.1 Å². The zero-order valence-electron chi connectivity index (χ0n) is 17.7. The van der Waals surface area contributed by atoms with Crippen LogP contribution in [0, 0.1) is 6.92 Å². The number of furan rings is 2. The van der Waals surface area contributed by atoms with Crippen LogP contribution in [0.25, 0.3) is 17.4 Å². The number of halogens is 1. The Balaban J connectivity index is 1.46. The second-order valence-electron chi connectivity index (χ2n) is 7.50. The summed E-state index contributed by atoms with van der Waals surface area (Å²) in [5, 5.41) is 0.599. The minimum absolute atomic E-state index is 0.138. The third-order valence-electron chi connectivity index (χ3n) is 5.05. The first-order valence-electron chi connectivity index (χ1n) is 10.3. The van der Waals surface area contributed by atoms with E-state index in [1.54, 1.807) is 23.3 Å². The van der Waals surface area contributed by atoms with Crippen molar-refractivity contribution in [1.82, 2.24) is 4.90 Å². The molecule has 1 saturated heterocycles. The number of aliphatic imine (C=N–C) groups is 1. The molecule has 0 unspecified atom stereocenters. The van der Waals surface area contributed by atoms with Gasteiger partial charge in [0, 0.05) is 16.1 Å². The monoisotopic (exact) mass is 518 g/mol. The average Bonchev–Trinajstić information content (AvgIpc) is 3.54. The molecule has 1 aliphatic heterocycles. The van der Waals surface area contributed by atoms with Gasteiger partial charge in [0.25, 0.3) is 5.91 Å². The summed E-state index contributed by atoms with van der Waals surface area (Å²) < 4.78 is 12.5. The van der Waals surface area contributed by atoms with Gasteiger partial charge in [-0.3, -0.25) is 9.69 Å². The molecular formula is C26H19BrN2O3S. The summed E-state index contributed by atoms with van der Waals surface area (Å²) in [6.07, 6.45) is 3.36. The first kappa shape index (κ1) is 21.6. The first-order valence-corrected chi connectivity index (χ1v) is 11.9. The summed E-state index contributed by atoms with van der Waals surface area (Å²) in [6, 6.07) is 23.1. The van der Waals surface area contributed by atoms with Gasteiger partial charge in [0.1, 0.15) is 17.3 Å². The highest BCUT2D eigenvalue weighted by molar-refractivity contribution is 9.10. The molecule has 1 aliphatic rings. The lowest BCUT2D eigenvalue weighted by molar-refractivity contribution is -0.122. The Kier molecular flexibility index (Phi) is 6.07. The maximum atomic E-state index is 13.3. The lowest BCUT2D eigenvalue weighted by Gasteiger charge is -2.13. The molecule has 3 heterocycles. The lowest BCUT2D eigenvalue weighted by atomic mass is 10.1. The number of hydrogen-bond donors (Lipinski definition) is 0.